The van der Waals surface area contributed by atoms with E-state index in [1.807, 2.05) is 178 Å². The fourth-order valence-electron chi connectivity index (χ4n) is 8.54. The van der Waals surface area contributed by atoms with Crippen LogP contribution in [-0.2, 0) is 11.2 Å². The van der Waals surface area contributed by atoms with Crippen molar-refractivity contribution in [2.45, 2.75) is 20.3 Å². The lowest BCUT2D eigenvalue weighted by atomic mass is 10.1. The predicted octanol–water partition coefficient (Wildman–Crippen LogP) is 12.1. The van der Waals surface area contributed by atoms with Crippen molar-refractivity contribution < 1.29 is 9.90 Å². The summed E-state index contributed by atoms with van der Waals surface area (Å²) in [6, 6.07) is 54.1. The third kappa shape index (κ3) is 13.8. The maximum atomic E-state index is 10.9. The Morgan fingerprint density at radius 1 is 0.429 bits per heavy atom. The third-order valence-electron chi connectivity index (χ3n) is 12.5. The number of nitrogens with one attached hydrogen (secondary N) is 10. The van der Waals surface area contributed by atoms with Gasteiger partial charge in [0.15, 0.2) is 5.82 Å². The van der Waals surface area contributed by atoms with E-state index in [0.29, 0.717) is 17.7 Å². The van der Waals surface area contributed by atoms with E-state index in [9.17, 15) is 4.79 Å². The van der Waals surface area contributed by atoms with Crippen LogP contribution in [0.25, 0.3) is 43.6 Å². The van der Waals surface area contributed by atoms with Crippen molar-refractivity contribution in [2.24, 2.45) is 0 Å². The van der Waals surface area contributed by atoms with Crippen molar-refractivity contribution in [1.82, 2.24) is 80.7 Å². The minimum absolute atomic E-state index is 0.00314. The Labute approximate surface area is 478 Å². The number of aromatic amines is 4. The Hall–Kier alpha value is -12.2. The summed E-state index contributed by atoms with van der Waals surface area (Å²) in [6.45, 7) is 3.84. The summed E-state index contributed by atoms with van der Waals surface area (Å²) < 4.78 is 0. The molecule has 11 N–H and O–H groups in total. The number of hydrogen-bond donors (Lipinski definition) is 11. The van der Waals surface area contributed by atoms with Gasteiger partial charge in [-0.1, -0.05) is 72.8 Å². The zero-order chi connectivity index (χ0) is 57.5. The molecule has 24 heteroatoms. The Balaban J connectivity index is 0.000000120. The van der Waals surface area contributed by atoms with Crippen molar-refractivity contribution in [2.75, 3.05) is 31.9 Å². The molecule has 8 heterocycles. The minimum Gasteiger partial charge on any atom is -0.481 e. The molecule has 0 amide bonds. The van der Waals surface area contributed by atoms with Crippen LogP contribution in [0.1, 0.15) is 16.8 Å². The SMILES string of the molecule is Cc1cc(Nc2nc(Nc3ccn[nH]3)c3ccccc3n2)ccc1CC(=O)O.Cc1cc(Nc2ncnc3ccccc23)n[nH]1.c1ccc(Nc2nc(Nc3ccn[nH]3)c3ccccc3n2)cc1.c1ccc2c(Nc3ccn[nH]3)ncnc2c1. The van der Waals surface area contributed by atoms with Gasteiger partial charge in [-0.2, -0.15) is 30.4 Å². The summed E-state index contributed by atoms with van der Waals surface area (Å²) in [7, 11) is 0. The second-order valence-electron chi connectivity index (χ2n) is 18.5. The molecule has 8 aromatic heterocycles. The van der Waals surface area contributed by atoms with Gasteiger partial charge in [-0.25, -0.2) is 29.9 Å². The molecule has 6 aromatic carbocycles. The molecule has 0 atom stereocenters. The molecule has 0 spiro atoms. The van der Waals surface area contributed by atoms with Crippen LogP contribution < -0.4 is 31.9 Å². The van der Waals surface area contributed by atoms with Crippen LogP contribution in [0.3, 0.4) is 0 Å². The third-order valence-corrected chi connectivity index (χ3v) is 12.5. The fourth-order valence-corrected chi connectivity index (χ4v) is 8.54. The molecule has 0 bridgehead atoms. The van der Waals surface area contributed by atoms with Crippen LogP contribution in [-0.4, -0.2) is 91.7 Å². The van der Waals surface area contributed by atoms with Crippen LogP contribution in [0.4, 0.5) is 69.8 Å². The van der Waals surface area contributed by atoms with Gasteiger partial charge in [0.25, 0.3) is 0 Å². The number of carboxylic acid groups (broad SMARTS) is 1. The molecule has 0 unspecified atom stereocenters. The molecule has 0 saturated heterocycles. The quantitative estimate of drug-likeness (QED) is 0.0482. The summed E-state index contributed by atoms with van der Waals surface area (Å²) in [5, 5.41) is 59.3. The maximum absolute atomic E-state index is 10.9. The van der Waals surface area contributed by atoms with E-state index >= 15 is 0 Å². The number of nitrogens with zero attached hydrogens (tertiary/aromatic N) is 12. The first-order valence-corrected chi connectivity index (χ1v) is 26.1. The van der Waals surface area contributed by atoms with E-state index in [1.165, 1.54) is 0 Å². The highest BCUT2D eigenvalue weighted by Gasteiger charge is 2.13. The summed E-state index contributed by atoms with van der Waals surface area (Å²) in [6.07, 6.45) is 8.12. The molecule has 84 heavy (non-hydrogen) atoms. The van der Waals surface area contributed by atoms with Gasteiger partial charge >= 0.3 is 5.97 Å². The second-order valence-corrected chi connectivity index (χ2v) is 18.5. The van der Waals surface area contributed by atoms with Crippen molar-refractivity contribution >= 4 is 119 Å². The number of rotatable bonds is 14. The molecule has 14 rings (SSSR count). The second kappa shape index (κ2) is 25.7. The number of benzene rings is 6. The molecule has 24 nitrogen and oxygen atoms in total. The summed E-state index contributed by atoms with van der Waals surface area (Å²) in [5.41, 5.74) is 7.89. The van der Waals surface area contributed by atoms with E-state index in [1.54, 1.807) is 37.3 Å². The molecular formula is C60H52N22O2. The zero-order valence-electron chi connectivity index (χ0n) is 45.0. The van der Waals surface area contributed by atoms with Gasteiger partial charge in [-0.15, -0.1) is 0 Å². The molecule has 14 aromatic rings. The normalized spacial score (nSPS) is 10.6. The Bertz CT molecular complexity index is 4430. The van der Waals surface area contributed by atoms with Gasteiger partial charge in [0.05, 0.1) is 47.1 Å². The van der Waals surface area contributed by atoms with Gasteiger partial charge < -0.3 is 37.0 Å². The monoisotopic (exact) mass is 1110 g/mol. The number of carboxylic acids is 1. The van der Waals surface area contributed by atoms with Crippen LogP contribution in [0, 0.1) is 13.8 Å². The van der Waals surface area contributed by atoms with Crippen LogP contribution in [0.2, 0.25) is 0 Å². The Morgan fingerprint density at radius 2 is 0.881 bits per heavy atom. The largest absolute Gasteiger partial charge is 0.481 e. The first kappa shape index (κ1) is 53.8. The molecule has 0 aliphatic rings. The molecule has 0 saturated carbocycles. The maximum Gasteiger partial charge on any atom is 0.307 e. The van der Waals surface area contributed by atoms with E-state index in [0.717, 1.165) is 113 Å². The molecule has 414 valence electrons. The number of anilines is 12. The number of carbonyl (C=O) groups is 1. The molecule has 0 aliphatic heterocycles. The van der Waals surface area contributed by atoms with Crippen LogP contribution in [0.5, 0.6) is 0 Å². The highest BCUT2D eigenvalue weighted by molar-refractivity contribution is 5.94. The number of para-hydroxylation sites is 5. The van der Waals surface area contributed by atoms with Crippen molar-refractivity contribution in [3.05, 3.63) is 218 Å². The zero-order valence-corrected chi connectivity index (χ0v) is 45.0. The van der Waals surface area contributed by atoms with E-state index < -0.39 is 5.97 Å². The number of fused-ring (bicyclic) bond motifs is 4. The van der Waals surface area contributed by atoms with E-state index in [4.69, 9.17) is 5.11 Å². The summed E-state index contributed by atoms with van der Waals surface area (Å²) in [4.78, 5) is 46.1. The molecule has 0 aliphatic carbocycles. The highest BCUT2D eigenvalue weighted by Crippen LogP contribution is 2.29. The van der Waals surface area contributed by atoms with Gasteiger partial charge in [-0.3, -0.25) is 25.2 Å². The average Bonchev–Trinajstić information content (AvgIpc) is 4.39. The Morgan fingerprint density at radius 3 is 1.35 bits per heavy atom. The molecule has 0 radical (unpaired) electrons. The topological polar surface area (TPSA) is 327 Å². The van der Waals surface area contributed by atoms with Crippen molar-refractivity contribution in [3.63, 3.8) is 0 Å². The summed E-state index contributed by atoms with van der Waals surface area (Å²) >= 11 is 0. The number of aliphatic carboxylic acids is 1. The number of H-pyrrole nitrogens is 4. The highest BCUT2D eigenvalue weighted by atomic mass is 16.4. The first-order valence-electron chi connectivity index (χ1n) is 26.1. The number of hydrogen-bond acceptors (Lipinski definition) is 19. The number of aryl methyl sites for hydroxylation is 2. The molecule has 0 fully saturated rings. The van der Waals surface area contributed by atoms with E-state index in [2.05, 4.69) is 113 Å². The lowest BCUT2D eigenvalue weighted by molar-refractivity contribution is -0.136. The number of aromatic nitrogens is 16. The van der Waals surface area contributed by atoms with Crippen molar-refractivity contribution in [3.8, 4) is 0 Å². The van der Waals surface area contributed by atoms with Crippen LogP contribution in [0.15, 0.2) is 201 Å². The van der Waals surface area contributed by atoms with Gasteiger partial charge in [-0.05, 0) is 97.8 Å². The standard InChI is InChI=1S/C20H18N6O2.C17H14N6.C12H11N5.C11H9N5/c1-12-10-14(7-6-13(12)11-18(27)28)22-20-23-16-5-3-2-4-15(16)19(25-20)24-17-8-9-21-26-17;1-2-6-12(7-3-1)19-17-20-14-9-5-4-8-13(14)16(22-17)21-15-10-11-18-23-15;1-8-6-11(17-16-8)15-12-9-4-2-3-5-10(9)13-7-14-12;1-2-4-9-8(3-1)11(13-7-12-9)15-10-5-6-14-16-10/h2-10H,11H2,1H3,(H,27,28)(H3,21,22,23,24,25,26);1-11H,(H3,18,19,20,21,22,23);2-7H,1H3,(H2,13,14,15,16,17);1-7H,(H2,12,13,14,15,16). The average molecular weight is 1110 g/mol. The minimum atomic E-state index is -0.851. The first-order chi connectivity index (χ1) is 41.2. The fraction of sp³-hybridized carbons (Fsp3) is 0.0500. The van der Waals surface area contributed by atoms with Crippen molar-refractivity contribution in [1.29, 1.82) is 0 Å². The Kier molecular flexibility index (Phi) is 16.5. The predicted molar refractivity (Wildman–Crippen MR) is 326 cm³/mol. The smallest absolute Gasteiger partial charge is 0.307 e. The van der Waals surface area contributed by atoms with Crippen LogP contribution >= 0.6 is 0 Å². The lowest BCUT2D eigenvalue weighted by Gasteiger charge is -2.12. The lowest BCUT2D eigenvalue weighted by Crippen LogP contribution is -2.04. The molecular weight excluding hydrogens is 1060 g/mol. The van der Waals surface area contributed by atoms with Gasteiger partial charge in [0.1, 0.15) is 53.4 Å². The summed E-state index contributed by atoms with van der Waals surface area (Å²) in [5.74, 6) is 6.10. The van der Waals surface area contributed by atoms with E-state index in [-0.39, 0.29) is 6.42 Å². The van der Waals surface area contributed by atoms with Gasteiger partial charge in [0.2, 0.25) is 11.9 Å². The van der Waals surface area contributed by atoms with Gasteiger partial charge in [0, 0.05) is 62.9 Å².